The van der Waals surface area contributed by atoms with Crippen LogP contribution in [0.1, 0.15) is 34.1 Å². The lowest BCUT2D eigenvalue weighted by atomic mass is 10.2. The molecular formula is C11H21N. The quantitative estimate of drug-likeness (QED) is 0.581. The second-order valence-corrected chi connectivity index (χ2v) is 3.19. The first-order valence-corrected chi connectivity index (χ1v) is 4.67. The smallest absolute Gasteiger partial charge is 0.0143 e. The molecule has 0 rings (SSSR count). The monoisotopic (exact) mass is 167 g/mol. The van der Waals surface area contributed by atoms with Crippen LogP contribution in [0.3, 0.4) is 0 Å². The molecular weight excluding hydrogens is 146 g/mol. The molecule has 0 N–H and O–H groups in total. The molecule has 70 valence electrons. The van der Waals surface area contributed by atoms with Crippen LogP contribution in [-0.2, 0) is 0 Å². The second kappa shape index (κ2) is 5.87. The summed E-state index contributed by atoms with van der Waals surface area (Å²) >= 11 is 0. The van der Waals surface area contributed by atoms with E-state index in [0.29, 0.717) is 0 Å². The summed E-state index contributed by atoms with van der Waals surface area (Å²) in [6.45, 7) is 9.71. The molecule has 0 saturated carbocycles. The fraction of sp³-hybridized carbons (Fsp3) is 0.636. The van der Waals surface area contributed by atoms with Crippen molar-refractivity contribution in [3.05, 3.63) is 23.4 Å². The van der Waals surface area contributed by atoms with Crippen molar-refractivity contribution in [2.45, 2.75) is 34.1 Å². The Labute approximate surface area is 76.8 Å². The summed E-state index contributed by atoms with van der Waals surface area (Å²) in [5, 5.41) is 0. The largest absolute Gasteiger partial charge is 0.378 e. The lowest BCUT2D eigenvalue weighted by molar-refractivity contribution is 0.443. The first-order valence-electron chi connectivity index (χ1n) is 4.67. The molecule has 0 radical (unpaired) electrons. The highest BCUT2D eigenvalue weighted by Gasteiger charge is 1.91. The van der Waals surface area contributed by atoms with Gasteiger partial charge < -0.3 is 4.90 Å². The molecule has 12 heavy (non-hydrogen) atoms. The summed E-state index contributed by atoms with van der Waals surface area (Å²) in [6, 6.07) is 0. The van der Waals surface area contributed by atoms with Gasteiger partial charge in [-0.25, -0.2) is 0 Å². The van der Waals surface area contributed by atoms with Crippen LogP contribution in [0.25, 0.3) is 0 Å². The van der Waals surface area contributed by atoms with E-state index in [9.17, 15) is 0 Å². The summed E-state index contributed by atoms with van der Waals surface area (Å²) < 4.78 is 0. The van der Waals surface area contributed by atoms with Crippen LogP contribution >= 0.6 is 0 Å². The highest BCUT2D eigenvalue weighted by atomic mass is 15.1. The zero-order valence-corrected chi connectivity index (χ0v) is 9.02. The number of hydrogen-bond acceptors (Lipinski definition) is 1. The molecule has 0 atom stereocenters. The highest BCUT2D eigenvalue weighted by molar-refractivity contribution is 5.14. The first-order chi connectivity index (χ1) is 5.61. The maximum Gasteiger partial charge on any atom is 0.0143 e. The van der Waals surface area contributed by atoms with Gasteiger partial charge in [-0.2, -0.15) is 0 Å². The van der Waals surface area contributed by atoms with Crippen molar-refractivity contribution in [1.82, 2.24) is 4.90 Å². The molecule has 1 nitrogen and oxygen atoms in total. The third-order valence-electron chi connectivity index (χ3n) is 2.24. The Bertz CT molecular complexity index is 177. The zero-order chi connectivity index (χ0) is 9.56. The van der Waals surface area contributed by atoms with Gasteiger partial charge in [-0.15, -0.1) is 0 Å². The average molecular weight is 167 g/mol. The van der Waals surface area contributed by atoms with Gasteiger partial charge >= 0.3 is 0 Å². The molecule has 0 bridgehead atoms. The Hall–Kier alpha value is -0.720. The SMILES string of the molecule is CCC(C)=CC=C(C)N(C)CC. The third kappa shape index (κ3) is 4.22. The van der Waals surface area contributed by atoms with E-state index in [1.54, 1.807) is 0 Å². The predicted molar refractivity (Wildman–Crippen MR) is 56.1 cm³/mol. The van der Waals surface area contributed by atoms with Crippen molar-refractivity contribution in [3.8, 4) is 0 Å². The molecule has 0 aromatic rings. The van der Waals surface area contributed by atoms with Crippen LogP contribution in [-0.4, -0.2) is 18.5 Å². The molecule has 1 heteroatoms. The van der Waals surface area contributed by atoms with Crippen LogP contribution in [0.5, 0.6) is 0 Å². The standard InChI is InChI=1S/C11H21N/c1-6-10(3)8-9-11(4)12(5)7-2/h8-9H,6-7H2,1-5H3. The Morgan fingerprint density at radius 1 is 1.17 bits per heavy atom. The molecule has 0 spiro atoms. The molecule has 0 unspecified atom stereocenters. The molecule has 0 aromatic heterocycles. The van der Waals surface area contributed by atoms with E-state index in [-0.39, 0.29) is 0 Å². The lowest BCUT2D eigenvalue weighted by Gasteiger charge is -2.16. The van der Waals surface area contributed by atoms with E-state index in [0.717, 1.165) is 13.0 Å². The van der Waals surface area contributed by atoms with E-state index in [1.807, 2.05) is 0 Å². The zero-order valence-electron chi connectivity index (χ0n) is 9.02. The minimum atomic E-state index is 1.07. The summed E-state index contributed by atoms with van der Waals surface area (Å²) in [7, 11) is 2.11. The summed E-state index contributed by atoms with van der Waals surface area (Å²) in [5.41, 5.74) is 2.75. The van der Waals surface area contributed by atoms with E-state index < -0.39 is 0 Å². The van der Waals surface area contributed by atoms with Gasteiger partial charge in [0.2, 0.25) is 0 Å². The fourth-order valence-electron chi connectivity index (χ4n) is 0.757. The molecule has 0 aliphatic carbocycles. The van der Waals surface area contributed by atoms with Crippen molar-refractivity contribution in [1.29, 1.82) is 0 Å². The summed E-state index contributed by atoms with van der Waals surface area (Å²) in [6.07, 6.45) is 5.52. The third-order valence-corrected chi connectivity index (χ3v) is 2.24. The van der Waals surface area contributed by atoms with Gasteiger partial charge in [0.15, 0.2) is 0 Å². The Morgan fingerprint density at radius 3 is 2.17 bits per heavy atom. The van der Waals surface area contributed by atoms with E-state index in [1.165, 1.54) is 11.3 Å². The predicted octanol–water partition coefficient (Wildman–Crippen LogP) is 3.20. The number of nitrogens with zero attached hydrogens (tertiary/aromatic N) is 1. The maximum atomic E-state index is 2.24. The number of hydrogen-bond donors (Lipinski definition) is 0. The van der Waals surface area contributed by atoms with Crippen molar-refractivity contribution in [3.63, 3.8) is 0 Å². The van der Waals surface area contributed by atoms with Gasteiger partial charge in [-0.3, -0.25) is 0 Å². The molecule has 0 fully saturated rings. The van der Waals surface area contributed by atoms with E-state index in [4.69, 9.17) is 0 Å². The van der Waals surface area contributed by atoms with Gasteiger partial charge in [0, 0.05) is 19.3 Å². The van der Waals surface area contributed by atoms with Crippen LogP contribution in [0.4, 0.5) is 0 Å². The summed E-state index contributed by atoms with van der Waals surface area (Å²) in [4.78, 5) is 2.24. The van der Waals surface area contributed by atoms with Gasteiger partial charge in [-0.05, 0) is 33.3 Å². The molecule has 0 aromatic carbocycles. The van der Waals surface area contributed by atoms with Crippen LogP contribution in [0.2, 0.25) is 0 Å². The van der Waals surface area contributed by atoms with Crippen LogP contribution in [0, 0.1) is 0 Å². The summed E-state index contributed by atoms with van der Waals surface area (Å²) in [5.74, 6) is 0. The number of rotatable bonds is 4. The molecule has 0 aliphatic rings. The van der Waals surface area contributed by atoms with Crippen molar-refractivity contribution in [2.75, 3.05) is 13.6 Å². The minimum absolute atomic E-state index is 1.07. The van der Waals surface area contributed by atoms with Gasteiger partial charge in [0.05, 0.1) is 0 Å². The highest BCUT2D eigenvalue weighted by Crippen LogP contribution is 2.03. The minimum Gasteiger partial charge on any atom is -0.378 e. The van der Waals surface area contributed by atoms with Crippen molar-refractivity contribution < 1.29 is 0 Å². The second-order valence-electron chi connectivity index (χ2n) is 3.19. The van der Waals surface area contributed by atoms with E-state index >= 15 is 0 Å². The average Bonchev–Trinajstić information content (AvgIpc) is 2.11. The van der Waals surface area contributed by atoms with Gasteiger partial charge in [-0.1, -0.05) is 18.6 Å². The topological polar surface area (TPSA) is 3.24 Å². The molecule has 0 saturated heterocycles. The molecule has 0 amide bonds. The number of allylic oxidation sites excluding steroid dienone is 4. The molecule has 0 heterocycles. The van der Waals surface area contributed by atoms with Gasteiger partial charge in [0.1, 0.15) is 0 Å². The lowest BCUT2D eigenvalue weighted by Crippen LogP contribution is -2.14. The van der Waals surface area contributed by atoms with Crippen LogP contribution in [0.15, 0.2) is 23.4 Å². The first kappa shape index (κ1) is 11.3. The normalized spacial score (nSPS) is 13.4. The van der Waals surface area contributed by atoms with Gasteiger partial charge in [0.25, 0.3) is 0 Å². The van der Waals surface area contributed by atoms with Crippen molar-refractivity contribution in [2.24, 2.45) is 0 Å². The van der Waals surface area contributed by atoms with Crippen LogP contribution < -0.4 is 0 Å². The molecule has 0 aliphatic heterocycles. The Kier molecular flexibility index (Phi) is 5.52. The van der Waals surface area contributed by atoms with Crippen molar-refractivity contribution >= 4 is 0 Å². The maximum absolute atomic E-state index is 2.24. The Morgan fingerprint density at radius 2 is 1.75 bits per heavy atom. The fourth-order valence-corrected chi connectivity index (χ4v) is 0.757. The van der Waals surface area contributed by atoms with E-state index in [2.05, 4.69) is 51.8 Å². The Balaban J connectivity index is 4.17.